The predicted molar refractivity (Wildman–Crippen MR) is 88.6 cm³/mol. The second-order valence-corrected chi connectivity index (χ2v) is 5.43. The summed E-state index contributed by atoms with van der Waals surface area (Å²) in [5.41, 5.74) is 0.558. The molecule has 0 saturated heterocycles. The van der Waals surface area contributed by atoms with Gasteiger partial charge >= 0.3 is 11.1 Å². The van der Waals surface area contributed by atoms with E-state index in [1.165, 1.54) is 0 Å². The molecule has 0 unspecified atom stereocenters. The quantitative estimate of drug-likeness (QED) is 0.702. The first-order valence-electron chi connectivity index (χ1n) is 6.44. The molecule has 6 heteroatoms. The van der Waals surface area contributed by atoms with E-state index in [-0.39, 0.29) is 0 Å². The number of H-pyrrole nitrogens is 2. The van der Waals surface area contributed by atoms with Crippen LogP contribution >= 0.6 is 23.2 Å². The number of nitrogens with one attached hydrogen (secondary N) is 2. The van der Waals surface area contributed by atoms with Crippen molar-refractivity contribution in [3.05, 3.63) is 79.3 Å². The lowest BCUT2D eigenvalue weighted by atomic mass is 10.0. The largest absolute Gasteiger partial charge is 0.315 e. The fraction of sp³-hybridized carbons (Fsp3) is 0. The first kappa shape index (κ1) is 14.6. The molecule has 22 heavy (non-hydrogen) atoms. The lowest BCUT2D eigenvalue weighted by Gasteiger charge is -2.11. The third kappa shape index (κ3) is 2.58. The number of halogens is 2. The Morgan fingerprint density at radius 1 is 0.636 bits per heavy atom. The monoisotopic (exact) mass is 332 g/mol. The fourth-order valence-electron chi connectivity index (χ4n) is 2.20. The standard InChI is InChI=1S/C16H10Cl2N2O2/c17-11-7-3-1-5-9(11)13-14(20-16(22)15(21)19-13)10-6-2-4-8-12(10)18/h1-8H,(H,19,21)(H,20,22). The van der Waals surface area contributed by atoms with Crippen LogP contribution in [0.25, 0.3) is 22.5 Å². The fourth-order valence-corrected chi connectivity index (χ4v) is 2.66. The van der Waals surface area contributed by atoms with Crippen LogP contribution in [0.3, 0.4) is 0 Å². The summed E-state index contributed by atoms with van der Waals surface area (Å²) >= 11 is 12.4. The van der Waals surface area contributed by atoms with Crippen LogP contribution in [0.2, 0.25) is 10.0 Å². The summed E-state index contributed by atoms with van der Waals surface area (Å²) in [7, 11) is 0. The van der Waals surface area contributed by atoms with Crippen molar-refractivity contribution < 1.29 is 0 Å². The first-order valence-corrected chi connectivity index (χ1v) is 7.20. The van der Waals surface area contributed by atoms with Crippen LogP contribution in [-0.2, 0) is 0 Å². The Balaban J connectivity index is 2.38. The average Bonchev–Trinajstić information content (AvgIpc) is 2.51. The Kier molecular flexibility index (Phi) is 3.88. The highest BCUT2D eigenvalue weighted by Crippen LogP contribution is 2.34. The van der Waals surface area contributed by atoms with Gasteiger partial charge in [-0.3, -0.25) is 9.59 Å². The zero-order valence-corrected chi connectivity index (χ0v) is 12.7. The number of hydrogen-bond acceptors (Lipinski definition) is 2. The minimum Gasteiger partial charge on any atom is -0.315 e. The van der Waals surface area contributed by atoms with E-state index >= 15 is 0 Å². The molecular formula is C16H10Cl2N2O2. The number of benzene rings is 2. The molecule has 0 radical (unpaired) electrons. The van der Waals surface area contributed by atoms with Gasteiger partial charge in [-0.05, 0) is 12.1 Å². The van der Waals surface area contributed by atoms with Gasteiger partial charge in [0, 0.05) is 21.2 Å². The van der Waals surface area contributed by atoms with Gasteiger partial charge < -0.3 is 9.97 Å². The number of aromatic amines is 2. The lowest BCUT2D eigenvalue weighted by molar-refractivity contribution is 1.09. The first-order chi connectivity index (χ1) is 10.6. The Bertz CT molecular complexity index is 882. The molecule has 1 aromatic heterocycles. The lowest BCUT2D eigenvalue weighted by Crippen LogP contribution is -2.30. The van der Waals surface area contributed by atoms with Crippen molar-refractivity contribution >= 4 is 23.2 Å². The second kappa shape index (κ2) is 5.83. The minimum absolute atomic E-state index is 0.420. The van der Waals surface area contributed by atoms with Crippen LogP contribution < -0.4 is 11.1 Å². The van der Waals surface area contributed by atoms with Gasteiger partial charge in [-0.2, -0.15) is 0 Å². The molecule has 0 spiro atoms. The highest BCUT2D eigenvalue weighted by atomic mass is 35.5. The molecule has 0 aliphatic heterocycles. The van der Waals surface area contributed by atoms with Crippen LogP contribution in [0.5, 0.6) is 0 Å². The van der Waals surface area contributed by atoms with Crippen molar-refractivity contribution in [3.63, 3.8) is 0 Å². The molecule has 0 aliphatic carbocycles. The van der Waals surface area contributed by atoms with Crippen molar-refractivity contribution in [2.45, 2.75) is 0 Å². The normalized spacial score (nSPS) is 10.6. The van der Waals surface area contributed by atoms with Gasteiger partial charge in [0.25, 0.3) is 0 Å². The molecule has 2 aromatic carbocycles. The van der Waals surface area contributed by atoms with Crippen LogP contribution in [0.4, 0.5) is 0 Å². The van der Waals surface area contributed by atoms with Crippen molar-refractivity contribution in [1.29, 1.82) is 0 Å². The summed E-state index contributed by atoms with van der Waals surface area (Å²) < 4.78 is 0. The Morgan fingerprint density at radius 2 is 1.00 bits per heavy atom. The zero-order valence-electron chi connectivity index (χ0n) is 11.2. The van der Waals surface area contributed by atoms with Crippen LogP contribution in [-0.4, -0.2) is 9.97 Å². The maximum atomic E-state index is 11.7. The van der Waals surface area contributed by atoms with Gasteiger partial charge in [-0.25, -0.2) is 0 Å². The number of rotatable bonds is 2. The molecule has 0 bridgehead atoms. The maximum absolute atomic E-state index is 11.7. The molecule has 110 valence electrons. The van der Waals surface area contributed by atoms with E-state index in [0.717, 1.165) is 0 Å². The summed E-state index contributed by atoms with van der Waals surface area (Å²) in [5.74, 6) is 0. The van der Waals surface area contributed by atoms with E-state index in [9.17, 15) is 9.59 Å². The van der Waals surface area contributed by atoms with E-state index in [1.807, 2.05) is 0 Å². The molecule has 0 amide bonds. The highest BCUT2D eigenvalue weighted by Gasteiger charge is 2.15. The van der Waals surface area contributed by atoms with Gasteiger partial charge in [-0.1, -0.05) is 59.6 Å². The average molecular weight is 333 g/mol. The van der Waals surface area contributed by atoms with Crippen molar-refractivity contribution in [1.82, 2.24) is 9.97 Å². The molecule has 1 heterocycles. The highest BCUT2D eigenvalue weighted by molar-refractivity contribution is 6.34. The third-order valence-corrected chi connectivity index (χ3v) is 3.88. The molecule has 0 aliphatic rings. The van der Waals surface area contributed by atoms with Gasteiger partial charge in [-0.15, -0.1) is 0 Å². The predicted octanol–water partition coefficient (Wildman–Crippen LogP) is 3.70. The molecule has 4 nitrogen and oxygen atoms in total. The molecule has 3 rings (SSSR count). The minimum atomic E-state index is -0.745. The van der Waals surface area contributed by atoms with Crippen LogP contribution in [0.1, 0.15) is 0 Å². The Hall–Kier alpha value is -2.30. The van der Waals surface area contributed by atoms with Crippen LogP contribution in [0.15, 0.2) is 58.1 Å². The Labute approximate surface area is 135 Å². The SMILES string of the molecule is O=c1[nH]c(-c2ccccc2Cl)c(-c2ccccc2Cl)[nH]c1=O. The molecule has 2 N–H and O–H groups in total. The summed E-state index contributed by atoms with van der Waals surface area (Å²) in [6.07, 6.45) is 0. The van der Waals surface area contributed by atoms with Crippen molar-refractivity contribution in [2.75, 3.05) is 0 Å². The smallest absolute Gasteiger partial charge is 0.314 e. The summed E-state index contributed by atoms with van der Waals surface area (Å²) in [4.78, 5) is 28.6. The second-order valence-electron chi connectivity index (χ2n) is 4.62. The van der Waals surface area contributed by atoms with E-state index in [2.05, 4.69) is 9.97 Å². The van der Waals surface area contributed by atoms with Gasteiger partial charge in [0.05, 0.1) is 11.4 Å². The van der Waals surface area contributed by atoms with Crippen LogP contribution in [0, 0.1) is 0 Å². The topological polar surface area (TPSA) is 65.7 Å². The molecule has 0 atom stereocenters. The van der Waals surface area contributed by atoms with Crippen molar-refractivity contribution in [3.8, 4) is 22.5 Å². The number of aromatic nitrogens is 2. The van der Waals surface area contributed by atoms with E-state index in [1.54, 1.807) is 48.5 Å². The molecule has 0 fully saturated rings. The molecule has 3 aromatic rings. The summed E-state index contributed by atoms with van der Waals surface area (Å²) in [6, 6.07) is 14.1. The zero-order chi connectivity index (χ0) is 15.7. The summed E-state index contributed by atoms with van der Waals surface area (Å²) in [6.45, 7) is 0. The summed E-state index contributed by atoms with van der Waals surface area (Å²) in [5, 5.41) is 0.914. The van der Waals surface area contributed by atoms with E-state index in [4.69, 9.17) is 23.2 Å². The van der Waals surface area contributed by atoms with E-state index < -0.39 is 11.1 Å². The van der Waals surface area contributed by atoms with Gasteiger partial charge in [0.1, 0.15) is 0 Å². The third-order valence-electron chi connectivity index (χ3n) is 3.22. The van der Waals surface area contributed by atoms with Gasteiger partial charge in [0.2, 0.25) is 0 Å². The maximum Gasteiger partial charge on any atom is 0.314 e. The van der Waals surface area contributed by atoms with Gasteiger partial charge in [0.15, 0.2) is 0 Å². The Morgan fingerprint density at radius 3 is 1.36 bits per heavy atom. The molecular weight excluding hydrogens is 323 g/mol. The van der Waals surface area contributed by atoms with E-state index in [0.29, 0.717) is 32.6 Å². The van der Waals surface area contributed by atoms with Crippen molar-refractivity contribution in [2.24, 2.45) is 0 Å². The number of hydrogen-bond donors (Lipinski definition) is 2. The molecule has 0 saturated carbocycles.